The molecule has 0 aliphatic heterocycles. The van der Waals surface area contributed by atoms with Gasteiger partial charge in [0.15, 0.2) is 0 Å². The van der Waals surface area contributed by atoms with E-state index in [9.17, 15) is 0 Å². The minimum Gasteiger partial charge on any atom is -0.379 e. The molecule has 0 aromatic carbocycles. The predicted molar refractivity (Wildman–Crippen MR) is 82.5 cm³/mol. The van der Waals surface area contributed by atoms with E-state index in [4.69, 9.17) is 9.47 Å². The van der Waals surface area contributed by atoms with Crippen molar-refractivity contribution in [3.05, 3.63) is 37.0 Å². The van der Waals surface area contributed by atoms with Gasteiger partial charge in [-0.2, -0.15) is 0 Å². The maximum absolute atomic E-state index is 5.45. The Hall–Kier alpha value is -0.900. The zero-order valence-electron chi connectivity index (χ0n) is 12.3. The van der Waals surface area contributed by atoms with Crippen LogP contribution in [0.15, 0.2) is 37.0 Å². The fraction of sp³-hybridized carbons (Fsp3) is 0.625. The number of ether oxygens (including phenoxy) is 2. The van der Waals surface area contributed by atoms with E-state index in [1.165, 1.54) is 18.4 Å². The Kier molecular flexibility index (Phi) is 14.4. The monoisotopic (exact) mass is 267 g/mol. The summed E-state index contributed by atoms with van der Waals surface area (Å²) in [6.07, 6.45) is 9.11. The first-order valence-electron chi connectivity index (χ1n) is 7.15. The van der Waals surface area contributed by atoms with Crippen molar-refractivity contribution in [1.29, 1.82) is 0 Å². The second-order valence-electron chi connectivity index (χ2n) is 4.23. The molecule has 110 valence electrons. The third-order valence-corrected chi connectivity index (χ3v) is 2.64. The Morgan fingerprint density at radius 3 is 2.53 bits per heavy atom. The summed E-state index contributed by atoms with van der Waals surface area (Å²) in [5, 5.41) is 3.39. The largest absolute Gasteiger partial charge is 0.379 e. The zero-order valence-corrected chi connectivity index (χ0v) is 12.3. The van der Waals surface area contributed by atoms with Crippen LogP contribution in [0.3, 0.4) is 0 Å². The van der Waals surface area contributed by atoms with Gasteiger partial charge in [-0.05, 0) is 38.3 Å². The summed E-state index contributed by atoms with van der Waals surface area (Å²) in [5.41, 5.74) is 1.18. The third kappa shape index (κ3) is 13.3. The molecule has 0 rings (SSSR count). The smallest absolute Gasteiger partial charge is 0.0700 e. The Labute approximate surface area is 118 Å². The summed E-state index contributed by atoms with van der Waals surface area (Å²) in [5.74, 6) is 0. The van der Waals surface area contributed by atoms with Crippen LogP contribution in [0, 0.1) is 0 Å². The van der Waals surface area contributed by atoms with Crippen LogP contribution in [0.25, 0.3) is 0 Å². The Balaban J connectivity index is 3.20. The molecule has 0 heterocycles. The van der Waals surface area contributed by atoms with Gasteiger partial charge < -0.3 is 14.8 Å². The van der Waals surface area contributed by atoms with Gasteiger partial charge in [-0.3, -0.25) is 0 Å². The van der Waals surface area contributed by atoms with E-state index in [0.717, 1.165) is 32.7 Å². The molecule has 19 heavy (non-hydrogen) atoms. The number of nitrogens with one attached hydrogen (secondary N) is 1. The molecule has 0 radical (unpaired) electrons. The lowest BCUT2D eigenvalue weighted by molar-refractivity contribution is 0.0513. The highest BCUT2D eigenvalue weighted by molar-refractivity contribution is 5.22. The molecule has 0 aliphatic carbocycles. The first kappa shape index (κ1) is 18.1. The molecule has 0 aromatic rings. The summed E-state index contributed by atoms with van der Waals surface area (Å²) >= 11 is 0. The van der Waals surface area contributed by atoms with Crippen molar-refractivity contribution in [2.24, 2.45) is 0 Å². The van der Waals surface area contributed by atoms with Crippen molar-refractivity contribution < 1.29 is 9.47 Å². The minimum absolute atomic E-state index is 0.706. The van der Waals surface area contributed by atoms with Gasteiger partial charge >= 0.3 is 0 Å². The summed E-state index contributed by atoms with van der Waals surface area (Å²) in [6, 6.07) is 0. The van der Waals surface area contributed by atoms with Crippen molar-refractivity contribution in [2.45, 2.75) is 26.2 Å². The van der Waals surface area contributed by atoms with Crippen molar-refractivity contribution in [3.63, 3.8) is 0 Å². The van der Waals surface area contributed by atoms with E-state index in [0.29, 0.717) is 13.2 Å². The van der Waals surface area contributed by atoms with Crippen LogP contribution >= 0.6 is 0 Å². The summed E-state index contributed by atoms with van der Waals surface area (Å²) in [7, 11) is 0. The molecule has 0 saturated carbocycles. The van der Waals surface area contributed by atoms with Gasteiger partial charge in [0.1, 0.15) is 0 Å². The molecular formula is C16H29NO2. The van der Waals surface area contributed by atoms with Crippen molar-refractivity contribution in [1.82, 2.24) is 5.32 Å². The average Bonchev–Trinajstić information content (AvgIpc) is 2.43. The molecular weight excluding hydrogens is 238 g/mol. The van der Waals surface area contributed by atoms with Gasteiger partial charge in [0.25, 0.3) is 0 Å². The fourth-order valence-electron chi connectivity index (χ4n) is 1.58. The number of allylic oxidation sites excluding steroid dienone is 2. The quantitative estimate of drug-likeness (QED) is 0.387. The van der Waals surface area contributed by atoms with Crippen molar-refractivity contribution in [3.8, 4) is 0 Å². The van der Waals surface area contributed by atoms with Gasteiger partial charge in [0.05, 0.1) is 13.2 Å². The molecule has 0 atom stereocenters. The minimum atomic E-state index is 0.706. The van der Waals surface area contributed by atoms with Crippen LogP contribution in [0.4, 0.5) is 0 Å². The predicted octanol–water partition coefficient (Wildman–Crippen LogP) is 3.10. The Morgan fingerprint density at radius 2 is 1.84 bits per heavy atom. The Morgan fingerprint density at radius 1 is 1.05 bits per heavy atom. The summed E-state index contributed by atoms with van der Waals surface area (Å²) < 4.78 is 10.6. The van der Waals surface area contributed by atoms with E-state index < -0.39 is 0 Å². The van der Waals surface area contributed by atoms with Gasteiger partial charge in [-0.15, -0.1) is 0 Å². The fourth-order valence-corrected chi connectivity index (χ4v) is 1.58. The van der Waals surface area contributed by atoms with Crippen LogP contribution in [-0.4, -0.2) is 39.5 Å². The lowest BCUT2D eigenvalue weighted by Crippen LogP contribution is -2.17. The molecule has 3 heteroatoms. The molecule has 0 spiro atoms. The van der Waals surface area contributed by atoms with Crippen LogP contribution in [0.2, 0.25) is 0 Å². The highest BCUT2D eigenvalue weighted by Gasteiger charge is 1.93. The highest BCUT2D eigenvalue weighted by atomic mass is 16.5. The van der Waals surface area contributed by atoms with Gasteiger partial charge in [0, 0.05) is 19.8 Å². The Bertz CT molecular complexity index is 249. The summed E-state index contributed by atoms with van der Waals surface area (Å²) in [6.45, 7) is 14.3. The maximum atomic E-state index is 5.45. The molecule has 0 bridgehead atoms. The SMILES string of the molecule is C=C/C=C(\C=C)CNCCCCCOCCOCC. The second kappa shape index (κ2) is 15.2. The molecule has 0 unspecified atom stereocenters. The van der Waals surface area contributed by atoms with Gasteiger partial charge in [0.2, 0.25) is 0 Å². The van der Waals surface area contributed by atoms with E-state index in [1.54, 1.807) is 6.08 Å². The van der Waals surface area contributed by atoms with Crippen LogP contribution in [0.5, 0.6) is 0 Å². The lowest BCUT2D eigenvalue weighted by atomic mass is 10.2. The number of hydrogen-bond donors (Lipinski definition) is 1. The van der Waals surface area contributed by atoms with E-state index in [2.05, 4.69) is 18.5 Å². The molecule has 3 nitrogen and oxygen atoms in total. The molecule has 0 fully saturated rings. The zero-order chi connectivity index (χ0) is 14.2. The molecule has 0 aliphatic rings. The van der Waals surface area contributed by atoms with Crippen molar-refractivity contribution in [2.75, 3.05) is 39.5 Å². The van der Waals surface area contributed by atoms with E-state index in [-0.39, 0.29) is 0 Å². The van der Waals surface area contributed by atoms with Crippen LogP contribution in [-0.2, 0) is 9.47 Å². The van der Waals surface area contributed by atoms with Gasteiger partial charge in [-0.1, -0.05) is 31.4 Å². The van der Waals surface area contributed by atoms with Crippen LogP contribution < -0.4 is 5.32 Å². The standard InChI is InChI=1S/C16H29NO2/c1-4-10-16(5-2)15-17-11-8-7-9-12-19-14-13-18-6-3/h4-5,10,17H,1-2,6-9,11-15H2,3H3/b16-10+. The topological polar surface area (TPSA) is 30.5 Å². The first-order chi connectivity index (χ1) is 9.35. The van der Waals surface area contributed by atoms with E-state index >= 15 is 0 Å². The number of hydrogen-bond acceptors (Lipinski definition) is 3. The number of rotatable bonds is 14. The van der Waals surface area contributed by atoms with E-state index in [1.807, 2.05) is 19.1 Å². The normalized spacial score (nSPS) is 11.5. The van der Waals surface area contributed by atoms with Gasteiger partial charge in [-0.25, -0.2) is 0 Å². The maximum Gasteiger partial charge on any atom is 0.0700 e. The third-order valence-electron chi connectivity index (χ3n) is 2.64. The average molecular weight is 267 g/mol. The second-order valence-corrected chi connectivity index (χ2v) is 4.23. The molecule has 0 saturated heterocycles. The molecule has 1 N–H and O–H groups in total. The summed E-state index contributed by atoms with van der Waals surface area (Å²) in [4.78, 5) is 0. The molecule has 0 amide bonds. The van der Waals surface area contributed by atoms with Crippen LogP contribution in [0.1, 0.15) is 26.2 Å². The first-order valence-corrected chi connectivity index (χ1v) is 7.15. The lowest BCUT2D eigenvalue weighted by Gasteiger charge is -2.06. The molecule has 0 aromatic heterocycles. The highest BCUT2D eigenvalue weighted by Crippen LogP contribution is 1.97. The van der Waals surface area contributed by atoms with Crippen molar-refractivity contribution >= 4 is 0 Å². The number of unbranched alkanes of at least 4 members (excludes halogenated alkanes) is 2.